The van der Waals surface area contributed by atoms with Crippen LogP contribution in [0.15, 0.2) is 30.3 Å². The van der Waals surface area contributed by atoms with Gasteiger partial charge in [0.1, 0.15) is 5.82 Å². The van der Waals surface area contributed by atoms with Crippen molar-refractivity contribution in [3.8, 4) is 0 Å². The Hall–Kier alpha value is -1.64. The third kappa shape index (κ3) is 2.43. The number of hydrogen-bond acceptors (Lipinski definition) is 1. The van der Waals surface area contributed by atoms with Gasteiger partial charge in [0.25, 0.3) is 0 Å². The number of halogens is 1. The minimum Gasteiger partial charge on any atom is -0.478 e. The largest absolute Gasteiger partial charge is 0.478 e. The molecule has 2 nitrogen and oxygen atoms in total. The van der Waals surface area contributed by atoms with Gasteiger partial charge in [-0.2, -0.15) is 0 Å². The molecule has 1 saturated carbocycles. The summed E-state index contributed by atoms with van der Waals surface area (Å²) in [6, 6.07) is 6.08. The number of carboxylic acid groups (broad SMARTS) is 1. The maximum absolute atomic E-state index is 13.0. The van der Waals surface area contributed by atoms with E-state index in [0.29, 0.717) is 11.5 Å². The summed E-state index contributed by atoms with van der Waals surface area (Å²) in [4.78, 5) is 10.6. The van der Waals surface area contributed by atoms with Gasteiger partial charge >= 0.3 is 5.97 Å². The molecule has 1 aromatic carbocycles. The van der Waals surface area contributed by atoms with Gasteiger partial charge in [0, 0.05) is 6.08 Å². The van der Waals surface area contributed by atoms with Crippen molar-refractivity contribution in [2.75, 3.05) is 0 Å². The fourth-order valence-corrected chi connectivity index (χ4v) is 1.63. The minimum atomic E-state index is -0.971. The third-order valence-corrected chi connectivity index (χ3v) is 2.45. The lowest BCUT2D eigenvalue weighted by Crippen LogP contribution is -1.94. The highest BCUT2D eigenvalue weighted by atomic mass is 19.1. The number of allylic oxidation sites excluding steroid dienone is 1. The molecule has 78 valence electrons. The van der Waals surface area contributed by atoms with Crippen molar-refractivity contribution < 1.29 is 14.3 Å². The van der Waals surface area contributed by atoms with Crippen LogP contribution in [-0.4, -0.2) is 11.1 Å². The van der Waals surface area contributed by atoms with Crippen LogP contribution >= 0.6 is 0 Å². The fourth-order valence-electron chi connectivity index (χ4n) is 1.63. The fraction of sp³-hybridized carbons (Fsp3) is 0.250. The van der Waals surface area contributed by atoms with Gasteiger partial charge < -0.3 is 5.11 Å². The zero-order valence-corrected chi connectivity index (χ0v) is 8.11. The lowest BCUT2D eigenvalue weighted by atomic mass is 10.0. The second-order valence-corrected chi connectivity index (χ2v) is 3.72. The molecule has 1 aliphatic rings. The van der Waals surface area contributed by atoms with E-state index in [1.165, 1.54) is 18.2 Å². The van der Waals surface area contributed by atoms with Crippen molar-refractivity contribution in [2.24, 2.45) is 5.92 Å². The second-order valence-electron chi connectivity index (χ2n) is 3.72. The lowest BCUT2D eigenvalue weighted by molar-refractivity contribution is -0.131. The lowest BCUT2D eigenvalue weighted by Gasteiger charge is -2.04. The summed E-state index contributed by atoms with van der Waals surface area (Å²) in [6.45, 7) is 0. The highest BCUT2D eigenvalue weighted by Gasteiger charge is 2.27. The van der Waals surface area contributed by atoms with Crippen LogP contribution in [0, 0.1) is 11.7 Å². The molecule has 0 atom stereocenters. The molecule has 1 N–H and O–H groups in total. The van der Waals surface area contributed by atoms with E-state index in [-0.39, 0.29) is 5.82 Å². The number of benzene rings is 1. The van der Waals surface area contributed by atoms with E-state index < -0.39 is 5.97 Å². The van der Waals surface area contributed by atoms with Gasteiger partial charge in [0.15, 0.2) is 0 Å². The van der Waals surface area contributed by atoms with Crippen LogP contribution in [-0.2, 0) is 4.79 Å². The summed E-state index contributed by atoms with van der Waals surface area (Å²) in [5.74, 6) is -1.01. The molecule has 0 radical (unpaired) electrons. The summed E-state index contributed by atoms with van der Waals surface area (Å²) < 4.78 is 13.0. The van der Waals surface area contributed by atoms with E-state index in [2.05, 4.69) is 0 Å². The average Bonchev–Trinajstić information content (AvgIpc) is 2.97. The molecule has 3 heteroatoms. The maximum Gasteiger partial charge on any atom is 0.328 e. The first-order valence-corrected chi connectivity index (χ1v) is 4.87. The van der Waals surface area contributed by atoms with Gasteiger partial charge in [-0.15, -0.1) is 0 Å². The average molecular weight is 206 g/mol. The third-order valence-electron chi connectivity index (χ3n) is 2.45. The molecule has 1 aromatic rings. The molecule has 0 amide bonds. The Morgan fingerprint density at radius 2 is 2.20 bits per heavy atom. The molecular weight excluding hydrogens is 195 g/mol. The van der Waals surface area contributed by atoms with E-state index in [4.69, 9.17) is 5.11 Å². The van der Waals surface area contributed by atoms with Crippen LogP contribution in [0.2, 0.25) is 0 Å². The zero-order chi connectivity index (χ0) is 10.8. The van der Waals surface area contributed by atoms with Crippen LogP contribution in [0.4, 0.5) is 4.39 Å². The molecule has 0 aromatic heterocycles. The zero-order valence-electron chi connectivity index (χ0n) is 8.11. The number of aliphatic carboxylic acids is 1. The molecule has 1 aliphatic carbocycles. The van der Waals surface area contributed by atoms with Crippen molar-refractivity contribution in [3.63, 3.8) is 0 Å². The first-order chi connectivity index (χ1) is 7.16. The predicted molar refractivity (Wildman–Crippen MR) is 54.7 cm³/mol. The Labute approximate surface area is 87.0 Å². The van der Waals surface area contributed by atoms with Gasteiger partial charge in [-0.1, -0.05) is 12.1 Å². The molecular formula is C12H11FO2. The van der Waals surface area contributed by atoms with Crippen LogP contribution in [0.1, 0.15) is 18.4 Å². The maximum atomic E-state index is 13.0. The summed E-state index contributed by atoms with van der Waals surface area (Å²) in [7, 11) is 0. The number of hydrogen-bond donors (Lipinski definition) is 1. The summed E-state index contributed by atoms with van der Waals surface area (Å²) in [5.41, 5.74) is 1.42. The van der Waals surface area contributed by atoms with Crippen LogP contribution in [0.5, 0.6) is 0 Å². The van der Waals surface area contributed by atoms with E-state index >= 15 is 0 Å². The molecule has 0 unspecified atom stereocenters. The summed E-state index contributed by atoms with van der Waals surface area (Å²) in [5, 5.41) is 8.72. The molecule has 15 heavy (non-hydrogen) atoms. The molecule has 0 saturated heterocycles. The monoisotopic (exact) mass is 206 g/mol. The van der Waals surface area contributed by atoms with Crippen molar-refractivity contribution >= 4 is 11.5 Å². The Kier molecular flexibility index (Phi) is 2.54. The van der Waals surface area contributed by atoms with Gasteiger partial charge in [-0.25, -0.2) is 9.18 Å². The van der Waals surface area contributed by atoms with E-state index in [1.54, 1.807) is 12.1 Å². The topological polar surface area (TPSA) is 37.3 Å². The van der Waals surface area contributed by atoms with Gasteiger partial charge in [-0.05, 0) is 42.0 Å². The predicted octanol–water partition coefficient (Wildman–Crippen LogP) is 2.70. The van der Waals surface area contributed by atoms with Crippen molar-refractivity contribution in [3.05, 3.63) is 41.7 Å². The van der Waals surface area contributed by atoms with Crippen molar-refractivity contribution in [1.82, 2.24) is 0 Å². The number of carboxylic acids is 1. The summed E-state index contributed by atoms with van der Waals surface area (Å²) >= 11 is 0. The van der Waals surface area contributed by atoms with Crippen molar-refractivity contribution in [1.29, 1.82) is 0 Å². The first kappa shape index (κ1) is 9.90. The standard InChI is InChI=1S/C12H11FO2/c13-10-3-1-2-9(6-10)11(7-12(14)15)8-4-5-8/h1-3,6-8H,4-5H2,(H,14,15)/b11-7+. The molecule has 0 aliphatic heterocycles. The first-order valence-electron chi connectivity index (χ1n) is 4.87. The van der Waals surface area contributed by atoms with Crippen LogP contribution < -0.4 is 0 Å². The van der Waals surface area contributed by atoms with Gasteiger partial charge in [-0.3, -0.25) is 0 Å². The van der Waals surface area contributed by atoms with Gasteiger partial charge in [0.05, 0.1) is 0 Å². The molecule has 0 heterocycles. The summed E-state index contributed by atoms with van der Waals surface area (Å²) in [6.07, 6.45) is 3.18. The smallest absolute Gasteiger partial charge is 0.328 e. The highest BCUT2D eigenvalue weighted by Crippen LogP contribution is 2.41. The van der Waals surface area contributed by atoms with E-state index in [0.717, 1.165) is 18.4 Å². The minimum absolute atomic E-state index is 0.294. The van der Waals surface area contributed by atoms with Crippen molar-refractivity contribution in [2.45, 2.75) is 12.8 Å². The SMILES string of the molecule is O=C(O)/C=C(/c1cccc(F)c1)C1CC1. The second kappa shape index (κ2) is 3.85. The molecule has 0 bridgehead atoms. The van der Waals surface area contributed by atoms with E-state index in [1.807, 2.05) is 0 Å². The quantitative estimate of drug-likeness (QED) is 0.772. The van der Waals surface area contributed by atoms with E-state index in [9.17, 15) is 9.18 Å². The Morgan fingerprint density at radius 3 is 2.73 bits per heavy atom. The molecule has 0 spiro atoms. The molecule has 2 rings (SSSR count). The highest BCUT2D eigenvalue weighted by molar-refractivity contribution is 5.91. The number of carbonyl (C=O) groups is 1. The Morgan fingerprint density at radius 1 is 1.47 bits per heavy atom. The Bertz CT molecular complexity index is 419. The van der Waals surface area contributed by atoms with Crippen LogP contribution in [0.3, 0.4) is 0 Å². The van der Waals surface area contributed by atoms with Gasteiger partial charge in [0.2, 0.25) is 0 Å². The number of rotatable bonds is 3. The molecule has 1 fully saturated rings. The normalized spacial score (nSPS) is 16.5. The van der Waals surface area contributed by atoms with Crippen LogP contribution in [0.25, 0.3) is 5.57 Å². The Balaban J connectivity index is 2.36.